The van der Waals surface area contributed by atoms with Crippen molar-refractivity contribution < 1.29 is 18.3 Å². The first kappa shape index (κ1) is 13.8. The predicted molar refractivity (Wildman–Crippen MR) is 62.2 cm³/mol. The standard InChI is InChI=1S/C10H11BrF2N2O2/c1-2-17-10(16)8-7(9(12)13)5(3-11)6(14)4-15-8/h4,9H,2-3,14H2,1H3. The number of hydrogen-bond acceptors (Lipinski definition) is 4. The highest BCUT2D eigenvalue weighted by atomic mass is 79.9. The molecule has 0 unspecified atom stereocenters. The van der Waals surface area contributed by atoms with Crippen molar-refractivity contribution >= 4 is 27.6 Å². The second-order valence-corrected chi connectivity index (χ2v) is 3.67. The molecule has 0 atom stereocenters. The van der Waals surface area contributed by atoms with Gasteiger partial charge in [0, 0.05) is 5.33 Å². The van der Waals surface area contributed by atoms with Gasteiger partial charge in [-0.05, 0) is 12.5 Å². The van der Waals surface area contributed by atoms with Crippen molar-refractivity contribution in [1.82, 2.24) is 4.98 Å². The average Bonchev–Trinajstić information content (AvgIpc) is 2.28. The molecule has 1 heterocycles. The molecule has 0 spiro atoms. The van der Waals surface area contributed by atoms with Gasteiger partial charge in [-0.15, -0.1) is 0 Å². The summed E-state index contributed by atoms with van der Waals surface area (Å²) >= 11 is 3.06. The number of halogens is 3. The summed E-state index contributed by atoms with van der Waals surface area (Å²) in [5, 5.41) is 0.118. The number of esters is 1. The molecule has 0 bridgehead atoms. The Morgan fingerprint density at radius 2 is 2.29 bits per heavy atom. The van der Waals surface area contributed by atoms with Gasteiger partial charge in [0.15, 0.2) is 5.69 Å². The third-order valence-electron chi connectivity index (χ3n) is 2.08. The van der Waals surface area contributed by atoms with Crippen molar-refractivity contribution in [3.8, 4) is 0 Å². The molecular formula is C10H11BrF2N2O2. The third kappa shape index (κ3) is 2.91. The number of hydrogen-bond donors (Lipinski definition) is 1. The van der Waals surface area contributed by atoms with E-state index in [0.717, 1.165) is 0 Å². The molecule has 0 saturated carbocycles. The number of rotatable bonds is 4. The Morgan fingerprint density at radius 3 is 2.76 bits per heavy atom. The van der Waals surface area contributed by atoms with E-state index in [4.69, 9.17) is 5.73 Å². The lowest BCUT2D eigenvalue weighted by Gasteiger charge is -2.13. The van der Waals surface area contributed by atoms with Crippen LogP contribution in [0.1, 0.15) is 35.0 Å². The van der Waals surface area contributed by atoms with E-state index in [1.54, 1.807) is 6.92 Å². The number of anilines is 1. The zero-order valence-corrected chi connectivity index (χ0v) is 10.6. The number of ether oxygens (including phenoxy) is 1. The number of nitrogen functional groups attached to an aromatic ring is 1. The average molecular weight is 309 g/mol. The van der Waals surface area contributed by atoms with Crippen molar-refractivity contribution in [3.05, 3.63) is 23.0 Å². The van der Waals surface area contributed by atoms with Crippen LogP contribution >= 0.6 is 15.9 Å². The van der Waals surface area contributed by atoms with Crippen molar-refractivity contribution in [3.63, 3.8) is 0 Å². The monoisotopic (exact) mass is 308 g/mol. The van der Waals surface area contributed by atoms with E-state index < -0.39 is 18.0 Å². The van der Waals surface area contributed by atoms with Crippen molar-refractivity contribution in [2.24, 2.45) is 0 Å². The van der Waals surface area contributed by atoms with Crippen LogP contribution in [0.3, 0.4) is 0 Å². The lowest BCUT2D eigenvalue weighted by Crippen LogP contribution is -2.14. The van der Waals surface area contributed by atoms with Gasteiger partial charge in [0.2, 0.25) is 0 Å². The molecule has 0 aliphatic rings. The molecule has 0 amide bonds. The minimum Gasteiger partial charge on any atom is -0.461 e. The number of carbonyl (C=O) groups excluding carboxylic acids is 1. The Kier molecular flexibility index (Phi) is 4.80. The van der Waals surface area contributed by atoms with Crippen LogP contribution in [0.5, 0.6) is 0 Å². The van der Waals surface area contributed by atoms with E-state index in [9.17, 15) is 13.6 Å². The fourth-order valence-corrected chi connectivity index (χ4v) is 1.95. The molecule has 0 aliphatic heterocycles. The van der Waals surface area contributed by atoms with E-state index in [0.29, 0.717) is 0 Å². The topological polar surface area (TPSA) is 65.2 Å². The van der Waals surface area contributed by atoms with E-state index in [1.807, 2.05) is 0 Å². The van der Waals surface area contributed by atoms with E-state index in [1.165, 1.54) is 6.20 Å². The smallest absolute Gasteiger partial charge is 0.357 e. The van der Waals surface area contributed by atoms with E-state index in [-0.39, 0.29) is 28.9 Å². The molecule has 0 aromatic carbocycles. The molecule has 1 aromatic rings. The quantitative estimate of drug-likeness (QED) is 0.686. The first-order valence-corrected chi connectivity index (χ1v) is 5.93. The largest absolute Gasteiger partial charge is 0.461 e. The molecular weight excluding hydrogens is 298 g/mol. The maximum atomic E-state index is 12.9. The third-order valence-corrected chi connectivity index (χ3v) is 2.64. The van der Waals surface area contributed by atoms with Gasteiger partial charge in [-0.2, -0.15) is 0 Å². The van der Waals surface area contributed by atoms with E-state index >= 15 is 0 Å². The minimum atomic E-state index is -2.84. The van der Waals surface area contributed by atoms with Crippen molar-refractivity contribution in [1.29, 1.82) is 0 Å². The Morgan fingerprint density at radius 1 is 1.65 bits per heavy atom. The summed E-state index contributed by atoms with van der Waals surface area (Å²) in [6, 6.07) is 0. The van der Waals surface area contributed by atoms with Crippen molar-refractivity contribution in [2.75, 3.05) is 12.3 Å². The Labute approximate surface area is 105 Å². The molecule has 7 heteroatoms. The predicted octanol–water partition coefficient (Wildman–Crippen LogP) is 2.67. The molecule has 2 N–H and O–H groups in total. The maximum absolute atomic E-state index is 12.9. The second kappa shape index (κ2) is 5.90. The number of nitrogens with two attached hydrogens (primary N) is 1. The van der Waals surface area contributed by atoms with Gasteiger partial charge in [0.1, 0.15) is 0 Å². The number of aromatic nitrogens is 1. The summed E-state index contributed by atoms with van der Waals surface area (Å²) in [7, 11) is 0. The van der Waals surface area contributed by atoms with Crippen molar-refractivity contribution in [2.45, 2.75) is 18.7 Å². The highest BCUT2D eigenvalue weighted by molar-refractivity contribution is 9.08. The van der Waals surface area contributed by atoms with Crippen LogP contribution in [0.25, 0.3) is 0 Å². The van der Waals surface area contributed by atoms with Crippen LogP contribution in [0.2, 0.25) is 0 Å². The van der Waals surface area contributed by atoms with Gasteiger partial charge in [0.05, 0.1) is 24.1 Å². The Balaban J connectivity index is 3.35. The molecule has 17 heavy (non-hydrogen) atoms. The van der Waals surface area contributed by atoms with E-state index in [2.05, 4.69) is 25.7 Å². The summed E-state index contributed by atoms with van der Waals surface area (Å²) in [5.41, 5.74) is 4.96. The zero-order chi connectivity index (χ0) is 13.0. The lowest BCUT2D eigenvalue weighted by molar-refractivity contribution is 0.0507. The summed E-state index contributed by atoms with van der Waals surface area (Å²) in [5.74, 6) is -0.870. The van der Waals surface area contributed by atoms with Crippen LogP contribution in [-0.4, -0.2) is 17.6 Å². The number of carbonyl (C=O) groups is 1. The second-order valence-electron chi connectivity index (χ2n) is 3.11. The molecule has 0 aliphatic carbocycles. The number of pyridine rings is 1. The zero-order valence-electron chi connectivity index (χ0n) is 9.04. The van der Waals surface area contributed by atoms with Gasteiger partial charge in [-0.3, -0.25) is 0 Å². The number of alkyl halides is 3. The molecule has 0 radical (unpaired) electrons. The summed E-state index contributed by atoms with van der Waals surface area (Å²) in [6.07, 6.45) is -1.66. The van der Waals surface area contributed by atoms with Gasteiger partial charge in [0.25, 0.3) is 6.43 Å². The lowest BCUT2D eigenvalue weighted by atomic mass is 10.1. The summed E-state index contributed by atoms with van der Waals surface area (Å²) in [4.78, 5) is 15.1. The fourth-order valence-electron chi connectivity index (χ4n) is 1.33. The molecule has 1 aromatic heterocycles. The molecule has 1 rings (SSSR count). The fraction of sp³-hybridized carbons (Fsp3) is 0.400. The van der Waals surface area contributed by atoms with Crippen LogP contribution in [0, 0.1) is 0 Å². The van der Waals surface area contributed by atoms with Crippen LogP contribution in [-0.2, 0) is 10.1 Å². The summed E-state index contributed by atoms with van der Waals surface area (Å²) < 4.78 is 30.5. The Bertz CT molecular complexity index is 427. The molecule has 94 valence electrons. The highest BCUT2D eigenvalue weighted by Gasteiger charge is 2.25. The van der Waals surface area contributed by atoms with Gasteiger partial charge in [-0.1, -0.05) is 15.9 Å². The normalized spacial score (nSPS) is 10.6. The first-order chi connectivity index (χ1) is 8.02. The van der Waals surface area contributed by atoms with Crippen LogP contribution in [0.4, 0.5) is 14.5 Å². The Hall–Kier alpha value is -1.24. The molecule has 0 saturated heterocycles. The van der Waals surface area contributed by atoms with Gasteiger partial charge >= 0.3 is 5.97 Å². The van der Waals surface area contributed by atoms with Gasteiger partial charge < -0.3 is 10.5 Å². The molecule has 4 nitrogen and oxygen atoms in total. The maximum Gasteiger partial charge on any atom is 0.357 e. The molecule has 0 fully saturated rings. The number of nitrogens with zero attached hydrogens (tertiary/aromatic N) is 1. The van der Waals surface area contributed by atoms with Crippen LogP contribution in [0.15, 0.2) is 6.20 Å². The SMILES string of the molecule is CCOC(=O)c1ncc(N)c(CBr)c1C(F)F. The summed E-state index contributed by atoms with van der Waals surface area (Å²) in [6.45, 7) is 1.68. The highest BCUT2D eigenvalue weighted by Crippen LogP contribution is 2.31. The minimum absolute atomic E-state index is 0.0945. The first-order valence-electron chi connectivity index (χ1n) is 4.81. The van der Waals surface area contributed by atoms with Crippen LogP contribution < -0.4 is 5.73 Å². The van der Waals surface area contributed by atoms with Gasteiger partial charge in [-0.25, -0.2) is 18.6 Å².